The van der Waals surface area contributed by atoms with Crippen molar-refractivity contribution in [1.29, 1.82) is 0 Å². The van der Waals surface area contributed by atoms with Crippen LogP contribution in [0.5, 0.6) is 0 Å². The van der Waals surface area contributed by atoms with Crippen molar-refractivity contribution in [2.24, 2.45) is 0 Å². The topological polar surface area (TPSA) is 21.3 Å². The van der Waals surface area contributed by atoms with Crippen LogP contribution in [0.25, 0.3) is 0 Å². The lowest BCUT2D eigenvalue weighted by Gasteiger charge is -2.19. The Morgan fingerprint density at radius 3 is 2.27 bits per heavy atom. The van der Waals surface area contributed by atoms with Crippen molar-refractivity contribution >= 4 is 22.6 Å². The molecular weight excluding hydrogens is 301 g/mol. The molecule has 0 heterocycles. The van der Waals surface area contributed by atoms with Crippen LogP contribution < -0.4 is 5.32 Å². The average Bonchev–Trinajstić information content (AvgIpc) is 2.14. The van der Waals surface area contributed by atoms with Crippen molar-refractivity contribution in [2.75, 3.05) is 24.1 Å². The van der Waals surface area contributed by atoms with E-state index in [4.69, 9.17) is 4.74 Å². The van der Waals surface area contributed by atoms with Gasteiger partial charge in [0.15, 0.2) is 0 Å². The highest BCUT2D eigenvalue weighted by Gasteiger charge is 2.08. The Kier molecular flexibility index (Phi) is 10.3. The molecule has 15 heavy (non-hydrogen) atoms. The van der Waals surface area contributed by atoms with Crippen LogP contribution in [-0.2, 0) is 4.74 Å². The molecule has 2 nitrogen and oxygen atoms in total. The van der Waals surface area contributed by atoms with Gasteiger partial charge in [0.2, 0.25) is 0 Å². The van der Waals surface area contributed by atoms with Crippen LogP contribution in [0, 0.1) is 0 Å². The average molecular weight is 327 g/mol. The summed E-state index contributed by atoms with van der Waals surface area (Å²) in [5.74, 6) is 0. The van der Waals surface area contributed by atoms with Gasteiger partial charge in [0.25, 0.3) is 0 Å². The van der Waals surface area contributed by atoms with Gasteiger partial charge in [-0.05, 0) is 44.6 Å². The lowest BCUT2D eigenvalue weighted by atomic mass is 10.2. The molecule has 0 aromatic carbocycles. The molecule has 0 amide bonds. The fraction of sp³-hybridized carbons (Fsp3) is 1.00. The fourth-order valence-corrected chi connectivity index (χ4v) is 1.79. The minimum absolute atomic E-state index is 0.00195. The molecule has 0 fully saturated rings. The van der Waals surface area contributed by atoms with Gasteiger partial charge < -0.3 is 10.1 Å². The standard InChI is InChI=1S/C12H26INO/c1-12(2,3)15-11-10-14-9-7-5-4-6-8-13/h14H,4-11H2,1-3H3. The molecule has 92 valence electrons. The first-order chi connectivity index (χ1) is 7.06. The van der Waals surface area contributed by atoms with E-state index in [9.17, 15) is 0 Å². The van der Waals surface area contributed by atoms with Gasteiger partial charge in [0.05, 0.1) is 12.2 Å². The smallest absolute Gasteiger partial charge is 0.0599 e. The maximum atomic E-state index is 5.61. The summed E-state index contributed by atoms with van der Waals surface area (Å²) >= 11 is 2.44. The summed E-state index contributed by atoms with van der Waals surface area (Å²) < 4.78 is 6.91. The van der Waals surface area contributed by atoms with Crippen LogP contribution in [0.1, 0.15) is 46.5 Å². The predicted molar refractivity (Wildman–Crippen MR) is 75.9 cm³/mol. The third-order valence-electron chi connectivity index (χ3n) is 2.05. The molecule has 0 bridgehead atoms. The first kappa shape index (κ1) is 15.7. The molecule has 0 radical (unpaired) electrons. The molecule has 0 aromatic rings. The zero-order valence-corrected chi connectivity index (χ0v) is 12.6. The second-order valence-corrected chi connectivity index (χ2v) is 5.89. The Morgan fingerprint density at radius 1 is 1.00 bits per heavy atom. The van der Waals surface area contributed by atoms with E-state index in [2.05, 4.69) is 48.7 Å². The Hall–Kier alpha value is 0.650. The highest BCUT2D eigenvalue weighted by Crippen LogP contribution is 2.05. The molecule has 0 aromatic heterocycles. The van der Waals surface area contributed by atoms with Gasteiger partial charge in [-0.15, -0.1) is 0 Å². The van der Waals surface area contributed by atoms with E-state index in [0.717, 1.165) is 19.7 Å². The minimum atomic E-state index is 0.00195. The highest BCUT2D eigenvalue weighted by molar-refractivity contribution is 14.1. The summed E-state index contributed by atoms with van der Waals surface area (Å²) in [6, 6.07) is 0. The minimum Gasteiger partial charge on any atom is -0.375 e. The van der Waals surface area contributed by atoms with Gasteiger partial charge in [0, 0.05) is 6.54 Å². The van der Waals surface area contributed by atoms with Crippen LogP contribution in [0.2, 0.25) is 0 Å². The number of ether oxygens (including phenoxy) is 1. The monoisotopic (exact) mass is 327 g/mol. The maximum Gasteiger partial charge on any atom is 0.0599 e. The molecule has 0 saturated carbocycles. The van der Waals surface area contributed by atoms with E-state index in [1.165, 1.54) is 30.1 Å². The fourth-order valence-electron chi connectivity index (χ4n) is 1.25. The number of hydrogen-bond donors (Lipinski definition) is 1. The van der Waals surface area contributed by atoms with Crippen molar-refractivity contribution in [2.45, 2.75) is 52.1 Å². The van der Waals surface area contributed by atoms with Crippen molar-refractivity contribution in [1.82, 2.24) is 5.32 Å². The zero-order valence-electron chi connectivity index (χ0n) is 10.4. The molecule has 0 rings (SSSR count). The van der Waals surface area contributed by atoms with Crippen molar-refractivity contribution in [3.05, 3.63) is 0 Å². The molecule has 1 N–H and O–H groups in total. The van der Waals surface area contributed by atoms with E-state index in [-0.39, 0.29) is 5.60 Å². The Balaban J connectivity index is 2.99. The summed E-state index contributed by atoms with van der Waals surface area (Å²) in [5.41, 5.74) is 0.00195. The number of halogens is 1. The van der Waals surface area contributed by atoms with E-state index >= 15 is 0 Å². The van der Waals surface area contributed by atoms with Crippen molar-refractivity contribution in [3.63, 3.8) is 0 Å². The Labute approximate surface area is 109 Å². The van der Waals surface area contributed by atoms with E-state index < -0.39 is 0 Å². The SMILES string of the molecule is CC(C)(C)OCCNCCCCCCI. The summed E-state index contributed by atoms with van der Waals surface area (Å²) in [7, 11) is 0. The quantitative estimate of drug-likeness (QED) is 0.398. The van der Waals surface area contributed by atoms with E-state index in [1.54, 1.807) is 0 Å². The van der Waals surface area contributed by atoms with Gasteiger partial charge in [-0.25, -0.2) is 0 Å². The van der Waals surface area contributed by atoms with Gasteiger partial charge in [-0.3, -0.25) is 0 Å². The largest absolute Gasteiger partial charge is 0.375 e. The Morgan fingerprint density at radius 2 is 1.67 bits per heavy atom. The molecule has 0 aliphatic heterocycles. The highest BCUT2D eigenvalue weighted by atomic mass is 127. The number of hydrogen-bond acceptors (Lipinski definition) is 2. The lowest BCUT2D eigenvalue weighted by Crippen LogP contribution is -2.27. The lowest BCUT2D eigenvalue weighted by molar-refractivity contribution is -0.000757. The third-order valence-corrected chi connectivity index (χ3v) is 2.81. The van der Waals surface area contributed by atoms with Crippen molar-refractivity contribution < 1.29 is 4.74 Å². The van der Waals surface area contributed by atoms with Gasteiger partial charge in [-0.1, -0.05) is 35.4 Å². The number of rotatable bonds is 9. The first-order valence-electron chi connectivity index (χ1n) is 5.97. The second kappa shape index (κ2) is 9.85. The van der Waals surface area contributed by atoms with Crippen LogP contribution in [0.4, 0.5) is 0 Å². The molecular formula is C12H26INO. The first-order valence-corrected chi connectivity index (χ1v) is 7.49. The van der Waals surface area contributed by atoms with Crippen LogP contribution in [0.15, 0.2) is 0 Å². The van der Waals surface area contributed by atoms with Gasteiger partial charge in [0.1, 0.15) is 0 Å². The third kappa shape index (κ3) is 14.7. The molecule has 0 aliphatic rings. The van der Waals surface area contributed by atoms with Crippen LogP contribution in [0.3, 0.4) is 0 Å². The van der Waals surface area contributed by atoms with Gasteiger partial charge in [-0.2, -0.15) is 0 Å². The van der Waals surface area contributed by atoms with E-state index in [0.29, 0.717) is 0 Å². The normalized spacial score (nSPS) is 12.0. The number of nitrogens with one attached hydrogen (secondary N) is 1. The summed E-state index contributed by atoms with van der Waals surface area (Å²) in [6.45, 7) is 9.21. The molecule has 0 atom stereocenters. The van der Waals surface area contributed by atoms with Gasteiger partial charge >= 0.3 is 0 Å². The summed E-state index contributed by atoms with van der Waals surface area (Å²) in [5, 5.41) is 3.41. The summed E-state index contributed by atoms with van der Waals surface area (Å²) in [4.78, 5) is 0. The molecule has 0 unspecified atom stereocenters. The molecule has 3 heteroatoms. The maximum absolute atomic E-state index is 5.61. The Bertz CT molecular complexity index is 134. The van der Waals surface area contributed by atoms with E-state index in [1.807, 2.05) is 0 Å². The van der Waals surface area contributed by atoms with Crippen LogP contribution in [-0.4, -0.2) is 29.7 Å². The predicted octanol–water partition coefficient (Wildman–Crippen LogP) is 3.39. The number of alkyl halides is 1. The van der Waals surface area contributed by atoms with Crippen molar-refractivity contribution in [3.8, 4) is 0 Å². The molecule has 0 aliphatic carbocycles. The molecule has 0 saturated heterocycles. The van der Waals surface area contributed by atoms with Crippen LogP contribution >= 0.6 is 22.6 Å². The molecule has 0 spiro atoms. The zero-order chi connectivity index (χ0) is 11.6. The number of unbranched alkanes of at least 4 members (excludes halogenated alkanes) is 3. The summed E-state index contributed by atoms with van der Waals surface area (Å²) in [6.07, 6.45) is 5.40. The second-order valence-electron chi connectivity index (χ2n) is 4.81.